The van der Waals surface area contributed by atoms with Crippen LogP contribution in [0.15, 0.2) is 54.6 Å². The SMILES string of the molecule is COCCNC(=O)COc1ccccc1-c1ccccc1. The normalized spacial score (nSPS) is 10.1. The standard InChI is InChI=1S/C17H19NO3/c1-20-12-11-18-17(19)13-21-16-10-6-5-9-15(16)14-7-3-2-4-8-14/h2-10H,11-13H2,1H3,(H,18,19). The number of amides is 1. The van der Waals surface area contributed by atoms with Gasteiger partial charge in [-0.05, 0) is 11.6 Å². The van der Waals surface area contributed by atoms with Crippen molar-refractivity contribution in [3.8, 4) is 16.9 Å². The monoisotopic (exact) mass is 285 g/mol. The van der Waals surface area contributed by atoms with Gasteiger partial charge in [0.15, 0.2) is 6.61 Å². The lowest BCUT2D eigenvalue weighted by molar-refractivity contribution is -0.123. The van der Waals surface area contributed by atoms with Gasteiger partial charge in [0.05, 0.1) is 6.61 Å². The highest BCUT2D eigenvalue weighted by Gasteiger charge is 2.07. The van der Waals surface area contributed by atoms with Gasteiger partial charge < -0.3 is 14.8 Å². The van der Waals surface area contributed by atoms with E-state index >= 15 is 0 Å². The minimum Gasteiger partial charge on any atom is -0.483 e. The molecule has 0 aliphatic heterocycles. The van der Waals surface area contributed by atoms with Crippen LogP contribution >= 0.6 is 0 Å². The van der Waals surface area contributed by atoms with Gasteiger partial charge in [-0.25, -0.2) is 0 Å². The summed E-state index contributed by atoms with van der Waals surface area (Å²) < 4.78 is 10.5. The highest BCUT2D eigenvalue weighted by Crippen LogP contribution is 2.29. The zero-order valence-electron chi connectivity index (χ0n) is 12.0. The molecule has 110 valence electrons. The minimum absolute atomic E-state index is 0.00639. The average Bonchev–Trinajstić information content (AvgIpc) is 2.54. The van der Waals surface area contributed by atoms with Crippen molar-refractivity contribution < 1.29 is 14.3 Å². The summed E-state index contributed by atoms with van der Waals surface area (Å²) in [7, 11) is 1.60. The molecule has 0 fully saturated rings. The van der Waals surface area contributed by atoms with Gasteiger partial charge in [0, 0.05) is 19.2 Å². The van der Waals surface area contributed by atoms with E-state index in [1.165, 1.54) is 0 Å². The second kappa shape index (κ2) is 8.07. The fourth-order valence-electron chi connectivity index (χ4n) is 1.94. The van der Waals surface area contributed by atoms with Crippen molar-refractivity contribution in [2.24, 2.45) is 0 Å². The van der Waals surface area contributed by atoms with E-state index in [1.54, 1.807) is 7.11 Å². The second-order valence-electron chi connectivity index (χ2n) is 4.49. The zero-order chi connectivity index (χ0) is 14.9. The first-order valence-corrected chi connectivity index (χ1v) is 6.84. The average molecular weight is 285 g/mol. The number of hydrogen-bond acceptors (Lipinski definition) is 3. The van der Waals surface area contributed by atoms with E-state index in [1.807, 2.05) is 54.6 Å². The first-order chi connectivity index (χ1) is 10.3. The lowest BCUT2D eigenvalue weighted by atomic mass is 10.1. The van der Waals surface area contributed by atoms with Crippen LogP contribution < -0.4 is 10.1 Å². The number of carbonyl (C=O) groups excluding carboxylic acids is 1. The number of carbonyl (C=O) groups is 1. The number of ether oxygens (including phenoxy) is 2. The molecule has 0 aliphatic carbocycles. The van der Waals surface area contributed by atoms with Crippen LogP contribution in [0.1, 0.15) is 0 Å². The Balaban J connectivity index is 1.99. The van der Waals surface area contributed by atoms with Gasteiger partial charge in [-0.2, -0.15) is 0 Å². The summed E-state index contributed by atoms with van der Waals surface area (Å²) in [5.74, 6) is 0.542. The largest absolute Gasteiger partial charge is 0.483 e. The lowest BCUT2D eigenvalue weighted by Crippen LogP contribution is -2.31. The fraction of sp³-hybridized carbons (Fsp3) is 0.235. The molecule has 1 amide bonds. The molecule has 4 nitrogen and oxygen atoms in total. The summed E-state index contributed by atoms with van der Waals surface area (Å²) in [4.78, 5) is 11.6. The van der Waals surface area contributed by atoms with Crippen molar-refractivity contribution in [1.29, 1.82) is 0 Å². The molecule has 0 aliphatic rings. The van der Waals surface area contributed by atoms with E-state index < -0.39 is 0 Å². The Labute approximate surface area is 124 Å². The van der Waals surface area contributed by atoms with Crippen LogP contribution in [0, 0.1) is 0 Å². The third-order valence-electron chi connectivity index (χ3n) is 2.96. The first-order valence-electron chi connectivity index (χ1n) is 6.84. The molecule has 4 heteroatoms. The van der Waals surface area contributed by atoms with Gasteiger partial charge in [-0.15, -0.1) is 0 Å². The summed E-state index contributed by atoms with van der Waals surface area (Å²) in [5, 5.41) is 2.72. The molecule has 21 heavy (non-hydrogen) atoms. The Morgan fingerprint density at radius 3 is 2.52 bits per heavy atom. The molecule has 2 rings (SSSR count). The van der Waals surface area contributed by atoms with Crippen LogP contribution in [-0.4, -0.2) is 32.8 Å². The molecule has 0 radical (unpaired) electrons. The molecule has 0 saturated carbocycles. The van der Waals surface area contributed by atoms with Crippen LogP contribution in [-0.2, 0) is 9.53 Å². The van der Waals surface area contributed by atoms with Crippen molar-refractivity contribution in [3.63, 3.8) is 0 Å². The maximum Gasteiger partial charge on any atom is 0.258 e. The van der Waals surface area contributed by atoms with E-state index in [2.05, 4.69) is 5.32 Å². The number of nitrogens with one attached hydrogen (secondary N) is 1. The summed E-state index contributed by atoms with van der Waals surface area (Å²) in [6.45, 7) is 0.971. The summed E-state index contributed by atoms with van der Waals surface area (Å²) in [5.41, 5.74) is 2.04. The number of rotatable bonds is 7. The molecular formula is C17H19NO3. The highest BCUT2D eigenvalue weighted by molar-refractivity contribution is 5.78. The van der Waals surface area contributed by atoms with Gasteiger partial charge in [0.25, 0.3) is 5.91 Å². The molecule has 0 unspecified atom stereocenters. The van der Waals surface area contributed by atoms with Gasteiger partial charge in [0.2, 0.25) is 0 Å². The zero-order valence-corrected chi connectivity index (χ0v) is 12.0. The smallest absolute Gasteiger partial charge is 0.258 e. The predicted molar refractivity (Wildman–Crippen MR) is 82.3 cm³/mol. The molecule has 2 aromatic carbocycles. The summed E-state index contributed by atoms with van der Waals surface area (Å²) in [6, 6.07) is 17.6. The highest BCUT2D eigenvalue weighted by atomic mass is 16.5. The van der Waals surface area contributed by atoms with E-state index in [4.69, 9.17) is 9.47 Å². The summed E-state index contributed by atoms with van der Waals surface area (Å²) in [6.07, 6.45) is 0. The quantitative estimate of drug-likeness (QED) is 0.795. The second-order valence-corrected chi connectivity index (χ2v) is 4.49. The molecule has 0 atom stereocenters. The van der Waals surface area contributed by atoms with E-state index in [0.29, 0.717) is 18.9 Å². The number of methoxy groups -OCH3 is 1. The maximum atomic E-state index is 11.6. The maximum absolute atomic E-state index is 11.6. The number of benzene rings is 2. The van der Waals surface area contributed by atoms with Crippen molar-refractivity contribution in [2.75, 3.05) is 26.9 Å². The molecule has 0 heterocycles. The summed E-state index contributed by atoms with van der Waals surface area (Å²) >= 11 is 0. The van der Waals surface area contributed by atoms with Crippen LogP contribution in [0.5, 0.6) is 5.75 Å². The Morgan fingerprint density at radius 1 is 1.05 bits per heavy atom. The molecule has 1 N–H and O–H groups in total. The molecule has 0 saturated heterocycles. The third kappa shape index (κ3) is 4.61. The van der Waals surface area contributed by atoms with E-state index in [-0.39, 0.29) is 12.5 Å². The van der Waals surface area contributed by atoms with E-state index in [0.717, 1.165) is 11.1 Å². The molecule has 0 spiro atoms. The Kier molecular flexibility index (Phi) is 5.79. The van der Waals surface area contributed by atoms with Crippen molar-refractivity contribution >= 4 is 5.91 Å². The first kappa shape index (κ1) is 15.1. The topological polar surface area (TPSA) is 47.6 Å². The predicted octanol–water partition coefficient (Wildman–Crippen LogP) is 2.50. The van der Waals surface area contributed by atoms with Crippen LogP contribution in [0.2, 0.25) is 0 Å². The van der Waals surface area contributed by atoms with Gasteiger partial charge in [-0.1, -0.05) is 48.5 Å². The molecule has 0 bridgehead atoms. The van der Waals surface area contributed by atoms with Crippen LogP contribution in [0.4, 0.5) is 0 Å². The minimum atomic E-state index is -0.157. The Bertz CT molecular complexity index is 569. The van der Waals surface area contributed by atoms with Gasteiger partial charge in [0.1, 0.15) is 5.75 Å². The van der Waals surface area contributed by atoms with Crippen molar-refractivity contribution in [2.45, 2.75) is 0 Å². The Hall–Kier alpha value is -2.33. The van der Waals surface area contributed by atoms with Crippen molar-refractivity contribution in [3.05, 3.63) is 54.6 Å². The van der Waals surface area contributed by atoms with Gasteiger partial charge in [-0.3, -0.25) is 4.79 Å². The fourth-order valence-corrected chi connectivity index (χ4v) is 1.94. The molecule has 2 aromatic rings. The molecular weight excluding hydrogens is 266 g/mol. The third-order valence-corrected chi connectivity index (χ3v) is 2.96. The van der Waals surface area contributed by atoms with Crippen LogP contribution in [0.3, 0.4) is 0 Å². The van der Waals surface area contributed by atoms with E-state index in [9.17, 15) is 4.79 Å². The Morgan fingerprint density at radius 2 is 1.76 bits per heavy atom. The lowest BCUT2D eigenvalue weighted by Gasteiger charge is -2.11. The van der Waals surface area contributed by atoms with Crippen LogP contribution in [0.25, 0.3) is 11.1 Å². The number of hydrogen-bond donors (Lipinski definition) is 1. The number of para-hydroxylation sites is 1. The van der Waals surface area contributed by atoms with Crippen molar-refractivity contribution in [1.82, 2.24) is 5.32 Å². The van der Waals surface area contributed by atoms with Gasteiger partial charge >= 0.3 is 0 Å². The molecule has 0 aromatic heterocycles.